The Morgan fingerprint density at radius 1 is 1.41 bits per heavy atom. The summed E-state index contributed by atoms with van der Waals surface area (Å²) in [6, 6.07) is 6.45. The molecule has 1 aromatic heterocycles. The fourth-order valence-electron chi connectivity index (χ4n) is 1.83. The summed E-state index contributed by atoms with van der Waals surface area (Å²) in [5.74, 6) is -0.167. The van der Waals surface area contributed by atoms with E-state index in [0.29, 0.717) is 5.76 Å². The fourth-order valence-corrected chi connectivity index (χ4v) is 3.26. The highest BCUT2D eigenvalue weighted by Crippen LogP contribution is 2.20. The van der Waals surface area contributed by atoms with Crippen molar-refractivity contribution < 1.29 is 22.3 Å². The average Bonchev–Trinajstić information content (AvgIpc) is 2.92. The number of halogens is 2. The standard InChI is InChI=1S/C14H15ClFNO4S/c1-14(18,8-10-3-2-6-21-10)9-17-22(19,20)11-4-5-13(16)12(15)7-11/h2-7,17-18H,8-9H2,1H3/t14-/m1/s1. The van der Waals surface area contributed by atoms with Crippen molar-refractivity contribution in [1.29, 1.82) is 0 Å². The predicted octanol–water partition coefficient (Wildman–Crippen LogP) is 2.34. The largest absolute Gasteiger partial charge is 0.469 e. The summed E-state index contributed by atoms with van der Waals surface area (Å²) in [4.78, 5) is -0.173. The molecule has 0 fully saturated rings. The first-order valence-corrected chi connectivity index (χ1v) is 8.25. The molecular weight excluding hydrogens is 333 g/mol. The van der Waals surface area contributed by atoms with Gasteiger partial charge in [0.2, 0.25) is 10.0 Å². The van der Waals surface area contributed by atoms with Gasteiger partial charge in [-0.05, 0) is 37.3 Å². The van der Waals surface area contributed by atoms with Crippen molar-refractivity contribution in [2.24, 2.45) is 0 Å². The maximum Gasteiger partial charge on any atom is 0.240 e. The molecule has 22 heavy (non-hydrogen) atoms. The van der Waals surface area contributed by atoms with E-state index in [-0.39, 0.29) is 22.9 Å². The van der Waals surface area contributed by atoms with Crippen LogP contribution in [0.3, 0.4) is 0 Å². The van der Waals surface area contributed by atoms with Gasteiger partial charge >= 0.3 is 0 Å². The van der Waals surface area contributed by atoms with E-state index in [2.05, 4.69) is 4.72 Å². The lowest BCUT2D eigenvalue weighted by Crippen LogP contribution is -2.42. The van der Waals surface area contributed by atoms with Crippen molar-refractivity contribution in [3.05, 3.63) is 53.2 Å². The Morgan fingerprint density at radius 2 is 2.14 bits per heavy atom. The zero-order chi connectivity index (χ0) is 16.4. The van der Waals surface area contributed by atoms with E-state index in [1.807, 2.05) is 0 Å². The van der Waals surface area contributed by atoms with Crippen LogP contribution in [0.1, 0.15) is 12.7 Å². The van der Waals surface area contributed by atoms with Gasteiger partial charge in [0.1, 0.15) is 11.6 Å². The lowest BCUT2D eigenvalue weighted by Gasteiger charge is -2.22. The quantitative estimate of drug-likeness (QED) is 0.840. The summed E-state index contributed by atoms with van der Waals surface area (Å²) in [6.45, 7) is 1.25. The first-order valence-electron chi connectivity index (χ1n) is 6.39. The van der Waals surface area contributed by atoms with Gasteiger partial charge in [0.15, 0.2) is 0 Å². The van der Waals surface area contributed by atoms with Gasteiger partial charge in [-0.3, -0.25) is 0 Å². The number of sulfonamides is 1. The third-order valence-corrected chi connectivity index (χ3v) is 4.67. The molecule has 0 saturated carbocycles. The van der Waals surface area contributed by atoms with Crippen LogP contribution in [0.15, 0.2) is 45.9 Å². The van der Waals surface area contributed by atoms with E-state index in [9.17, 15) is 17.9 Å². The normalized spacial score (nSPS) is 14.7. The van der Waals surface area contributed by atoms with Gasteiger partial charge in [0, 0.05) is 13.0 Å². The molecule has 0 saturated heterocycles. The van der Waals surface area contributed by atoms with E-state index >= 15 is 0 Å². The molecule has 8 heteroatoms. The molecule has 2 N–H and O–H groups in total. The Bertz CT molecular complexity index is 744. The number of rotatable bonds is 6. The maximum absolute atomic E-state index is 13.1. The second kappa shape index (κ2) is 6.37. The Hall–Kier alpha value is -1.41. The van der Waals surface area contributed by atoms with Crippen LogP contribution in [0.2, 0.25) is 5.02 Å². The molecule has 0 aliphatic rings. The van der Waals surface area contributed by atoms with Gasteiger partial charge in [-0.1, -0.05) is 11.6 Å². The van der Waals surface area contributed by atoms with E-state index < -0.39 is 21.4 Å². The van der Waals surface area contributed by atoms with Gasteiger partial charge in [0.25, 0.3) is 0 Å². The minimum Gasteiger partial charge on any atom is -0.469 e. The van der Waals surface area contributed by atoms with Crippen LogP contribution < -0.4 is 4.72 Å². The van der Waals surface area contributed by atoms with Gasteiger partial charge < -0.3 is 9.52 Å². The second-order valence-corrected chi connectivity index (χ2v) is 7.33. The third-order valence-electron chi connectivity index (χ3n) is 2.98. The fraction of sp³-hybridized carbons (Fsp3) is 0.286. The van der Waals surface area contributed by atoms with Crippen molar-refractivity contribution in [2.75, 3.05) is 6.54 Å². The molecule has 120 valence electrons. The highest BCUT2D eigenvalue weighted by molar-refractivity contribution is 7.89. The van der Waals surface area contributed by atoms with Crippen LogP contribution in [0, 0.1) is 5.82 Å². The molecule has 1 heterocycles. The number of furan rings is 1. The number of hydrogen-bond acceptors (Lipinski definition) is 4. The van der Waals surface area contributed by atoms with Gasteiger partial charge in [0.05, 0.1) is 21.8 Å². The smallest absolute Gasteiger partial charge is 0.240 e. The monoisotopic (exact) mass is 347 g/mol. The van der Waals surface area contributed by atoms with Crippen molar-refractivity contribution in [3.63, 3.8) is 0 Å². The SMILES string of the molecule is C[C@](O)(CNS(=O)(=O)c1ccc(F)c(Cl)c1)Cc1ccco1. The van der Waals surface area contributed by atoms with Crippen LogP contribution in [0.25, 0.3) is 0 Å². The molecule has 0 bridgehead atoms. The summed E-state index contributed by atoms with van der Waals surface area (Å²) in [6.07, 6.45) is 1.61. The number of hydrogen-bond donors (Lipinski definition) is 2. The van der Waals surface area contributed by atoms with E-state index in [0.717, 1.165) is 18.2 Å². The molecule has 0 amide bonds. The zero-order valence-corrected chi connectivity index (χ0v) is 13.3. The minimum atomic E-state index is -3.90. The lowest BCUT2D eigenvalue weighted by molar-refractivity contribution is 0.0603. The Morgan fingerprint density at radius 3 is 2.73 bits per heavy atom. The van der Waals surface area contributed by atoms with Crippen LogP contribution in [-0.4, -0.2) is 25.7 Å². The topological polar surface area (TPSA) is 79.5 Å². The molecule has 1 atom stereocenters. The van der Waals surface area contributed by atoms with Gasteiger partial charge in [-0.2, -0.15) is 0 Å². The van der Waals surface area contributed by atoms with Gasteiger partial charge in [-0.15, -0.1) is 0 Å². The van der Waals surface area contributed by atoms with Crippen LogP contribution in [0.4, 0.5) is 4.39 Å². The molecule has 0 aliphatic heterocycles. The zero-order valence-electron chi connectivity index (χ0n) is 11.7. The molecule has 5 nitrogen and oxygen atoms in total. The maximum atomic E-state index is 13.1. The van der Waals surface area contributed by atoms with Crippen molar-refractivity contribution in [2.45, 2.75) is 23.8 Å². The minimum absolute atomic E-state index is 0.146. The molecule has 0 aliphatic carbocycles. The molecule has 2 rings (SSSR count). The summed E-state index contributed by atoms with van der Waals surface area (Å²) >= 11 is 5.58. The van der Waals surface area contributed by atoms with Gasteiger partial charge in [-0.25, -0.2) is 17.5 Å². The molecule has 0 unspecified atom stereocenters. The van der Waals surface area contributed by atoms with E-state index in [1.165, 1.54) is 13.2 Å². The van der Waals surface area contributed by atoms with Crippen LogP contribution in [-0.2, 0) is 16.4 Å². The molecule has 1 aromatic carbocycles. The highest BCUT2D eigenvalue weighted by atomic mass is 35.5. The number of benzene rings is 1. The second-order valence-electron chi connectivity index (χ2n) is 5.15. The molecular formula is C14H15ClFNO4S. The number of nitrogens with one attached hydrogen (secondary N) is 1. The first-order chi connectivity index (χ1) is 10.2. The summed E-state index contributed by atoms with van der Waals surface area (Å²) < 4.78 is 44.7. The number of aliphatic hydroxyl groups is 1. The Labute approximate surface area is 132 Å². The molecule has 0 spiro atoms. The molecule has 0 radical (unpaired) electrons. The third kappa shape index (κ3) is 4.30. The molecule has 2 aromatic rings. The Balaban J connectivity index is 2.07. The Kier molecular flexibility index (Phi) is 4.91. The summed E-state index contributed by atoms with van der Waals surface area (Å²) in [7, 11) is -3.90. The summed E-state index contributed by atoms with van der Waals surface area (Å²) in [5.41, 5.74) is -1.34. The van der Waals surface area contributed by atoms with E-state index in [1.54, 1.807) is 12.1 Å². The van der Waals surface area contributed by atoms with Crippen LogP contribution in [0.5, 0.6) is 0 Å². The lowest BCUT2D eigenvalue weighted by atomic mass is 10.0. The predicted molar refractivity (Wildman–Crippen MR) is 79.6 cm³/mol. The van der Waals surface area contributed by atoms with Crippen molar-refractivity contribution >= 4 is 21.6 Å². The first kappa shape index (κ1) is 17.0. The average molecular weight is 348 g/mol. The van der Waals surface area contributed by atoms with Crippen LogP contribution >= 0.6 is 11.6 Å². The van der Waals surface area contributed by atoms with Crippen molar-refractivity contribution in [3.8, 4) is 0 Å². The highest BCUT2D eigenvalue weighted by Gasteiger charge is 2.26. The van der Waals surface area contributed by atoms with E-state index in [4.69, 9.17) is 16.0 Å². The van der Waals surface area contributed by atoms with Crippen molar-refractivity contribution in [1.82, 2.24) is 4.72 Å². The summed E-state index contributed by atoms with van der Waals surface area (Å²) in [5, 5.41) is 9.94.